The summed E-state index contributed by atoms with van der Waals surface area (Å²) in [6, 6.07) is 0.501. The lowest BCUT2D eigenvalue weighted by molar-refractivity contribution is -0.138. The number of rotatable bonds is 1. The molecule has 0 aromatic carbocycles. The van der Waals surface area contributed by atoms with Gasteiger partial charge in [-0.05, 0) is 13.1 Å². The molecule has 0 radical (unpaired) electrons. The van der Waals surface area contributed by atoms with Crippen LogP contribution in [0.1, 0.15) is 5.56 Å². The monoisotopic (exact) mass is 263 g/mol. The van der Waals surface area contributed by atoms with Crippen molar-refractivity contribution in [1.82, 2.24) is 9.88 Å². The molecule has 1 aliphatic rings. The Morgan fingerprint density at radius 1 is 1.17 bits per heavy atom. The highest BCUT2D eigenvalue weighted by atomic mass is 19.4. The van der Waals surface area contributed by atoms with Crippen molar-refractivity contribution in [3.8, 4) is 0 Å². The maximum atomic E-state index is 13.6. The van der Waals surface area contributed by atoms with Gasteiger partial charge in [0.2, 0.25) is 0 Å². The molecule has 0 saturated carbocycles. The Morgan fingerprint density at radius 3 is 2.28 bits per heavy atom. The van der Waals surface area contributed by atoms with Crippen LogP contribution in [0.5, 0.6) is 0 Å². The van der Waals surface area contributed by atoms with E-state index in [1.54, 1.807) is 4.90 Å². The fraction of sp³-hybridized carbons (Fsp3) is 0.545. The van der Waals surface area contributed by atoms with Gasteiger partial charge in [-0.2, -0.15) is 13.2 Å². The molecule has 1 fully saturated rings. The van der Waals surface area contributed by atoms with Crippen molar-refractivity contribution in [2.75, 3.05) is 38.1 Å². The number of aromatic nitrogens is 1. The maximum Gasteiger partial charge on any atom is 0.417 e. The van der Waals surface area contributed by atoms with Crippen molar-refractivity contribution in [3.05, 3.63) is 23.6 Å². The highest BCUT2D eigenvalue weighted by molar-refractivity contribution is 5.42. The molecule has 2 heterocycles. The lowest BCUT2D eigenvalue weighted by Crippen LogP contribution is -2.45. The van der Waals surface area contributed by atoms with Gasteiger partial charge in [-0.25, -0.2) is 9.37 Å². The summed E-state index contributed by atoms with van der Waals surface area (Å²) < 4.78 is 50.7. The predicted molar refractivity (Wildman–Crippen MR) is 58.9 cm³/mol. The zero-order valence-electron chi connectivity index (χ0n) is 9.84. The van der Waals surface area contributed by atoms with Gasteiger partial charge in [0.1, 0.15) is 0 Å². The Morgan fingerprint density at radius 2 is 1.78 bits per heavy atom. The van der Waals surface area contributed by atoms with Gasteiger partial charge < -0.3 is 9.80 Å². The molecule has 1 aromatic heterocycles. The molecule has 100 valence electrons. The molecule has 1 saturated heterocycles. The third-order valence-electron chi connectivity index (χ3n) is 2.95. The van der Waals surface area contributed by atoms with Crippen molar-refractivity contribution in [1.29, 1.82) is 0 Å². The minimum atomic E-state index is -4.56. The Kier molecular flexibility index (Phi) is 3.43. The molecule has 0 bridgehead atoms. The number of piperazine rings is 1. The SMILES string of the molecule is CN1CCN(c2ncc(C(F)(F)F)cc2F)CC1. The van der Waals surface area contributed by atoms with Gasteiger partial charge in [0.05, 0.1) is 5.56 Å². The molecule has 0 N–H and O–H groups in total. The number of alkyl halides is 3. The van der Waals surface area contributed by atoms with E-state index in [0.717, 1.165) is 13.1 Å². The molecule has 3 nitrogen and oxygen atoms in total. The first-order chi connectivity index (χ1) is 8.38. The number of hydrogen-bond donors (Lipinski definition) is 0. The summed E-state index contributed by atoms with van der Waals surface area (Å²) in [7, 11) is 1.94. The van der Waals surface area contributed by atoms with E-state index >= 15 is 0 Å². The van der Waals surface area contributed by atoms with E-state index in [0.29, 0.717) is 25.4 Å². The summed E-state index contributed by atoms with van der Waals surface area (Å²) in [5, 5.41) is 0. The largest absolute Gasteiger partial charge is 0.417 e. The minimum absolute atomic E-state index is 0.00361. The Bertz CT molecular complexity index is 425. The van der Waals surface area contributed by atoms with Crippen molar-refractivity contribution >= 4 is 5.82 Å². The summed E-state index contributed by atoms with van der Waals surface area (Å²) in [5.74, 6) is -0.925. The smallest absolute Gasteiger partial charge is 0.352 e. The van der Waals surface area contributed by atoms with Crippen LogP contribution in [0.2, 0.25) is 0 Å². The second-order valence-corrected chi connectivity index (χ2v) is 4.32. The van der Waals surface area contributed by atoms with E-state index < -0.39 is 17.6 Å². The average molecular weight is 263 g/mol. The van der Waals surface area contributed by atoms with Gasteiger partial charge in [0.15, 0.2) is 11.6 Å². The first-order valence-corrected chi connectivity index (χ1v) is 5.54. The van der Waals surface area contributed by atoms with Gasteiger partial charge in [-0.1, -0.05) is 0 Å². The highest BCUT2D eigenvalue weighted by Gasteiger charge is 2.32. The third kappa shape index (κ3) is 2.72. The van der Waals surface area contributed by atoms with Gasteiger partial charge in [-0.3, -0.25) is 0 Å². The topological polar surface area (TPSA) is 19.4 Å². The van der Waals surface area contributed by atoms with E-state index in [2.05, 4.69) is 9.88 Å². The lowest BCUT2D eigenvalue weighted by atomic mass is 10.2. The van der Waals surface area contributed by atoms with Crippen LogP contribution in [-0.2, 0) is 6.18 Å². The minimum Gasteiger partial charge on any atom is -0.352 e. The maximum absolute atomic E-state index is 13.6. The molecule has 0 amide bonds. The molecule has 7 heteroatoms. The Hall–Kier alpha value is -1.37. The van der Waals surface area contributed by atoms with Gasteiger partial charge in [-0.15, -0.1) is 0 Å². The molecule has 0 unspecified atom stereocenters. The fourth-order valence-corrected chi connectivity index (χ4v) is 1.84. The highest BCUT2D eigenvalue weighted by Crippen LogP contribution is 2.31. The Balaban J connectivity index is 2.20. The van der Waals surface area contributed by atoms with Crippen molar-refractivity contribution < 1.29 is 17.6 Å². The third-order valence-corrected chi connectivity index (χ3v) is 2.95. The van der Waals surface area contributed by atoms with Crippen molar-refractivity contribution in [2.45, 2.75) is 6.18 Å². The van der Waals surface area contributed by atoms with Crippen LogP contribution in [0.25, 0.3) is 0 Å². The number of halogens is 4. The van der Waals surface area contributed by atoms with E-state index in [1.165, 1.54) is 0 Å². The zero-order chi connectivity index (χ0) is 13.3. The van der Waals surface area contributed by atoms with E-state index in [1.807, 2.05) is 7.05 Å². The standard InChI is InChI=1S/C11H13F4N3/c1-17-2-4-18(5-3-17)10-9(12)6-8(7-16-10)11(13,14)15/h6-7H,2-5H2,1H3. The summed E-state index contributed by atoms with van der Waals surface area (Å²) in [6.45, 7) is 2.60. The molecule has 0 atom stereocenters. The molecule has 0 aliphatic carbocycles. The first-order valence-electron chi connectivity index (χ1n) is 5.54. The van der Waals surface area contributed by atoms with Crippen LogP contribution in [-0.4, -0.2) is 43.1 Å². The van der Waals surface area contributed by atoms with Crippen LogP contribution in [0.15, 0.2) is 12.3 Å². The van der Waals surface area contributed by atoms with Crippen LogP contribution in [0.4, 0.5) is 23.4 Å². The quantitative estimate of drug-likeness (QED) is 0.722. The van der Waals surface area contributed by atoms with Crippen molar-refractivity contribution in [2.24, 2.45) is 0 Å². The fourth-order valence-electron chi connectivity index (χ4n) is 1.84. The molecule has 18 heavy (non-hydrogen) atoms. The summed E-state index contributed by atoms with van der Waals surface area (Å²) in [4.78, 5) is 7.34. The number of hydrogen-bond acceptors (Lipinski definition) is 3. The van der Waals surface area contributed by atoms with Gasteiger partial charge in [0, 0.05) is 32.4 Å². The first kappa shape index (κ1) is 13.1. The van der Waals surface area contributed by atoms with E-state index in [-0.39, 0.29) is 5.82 Å². The normalized spacial score (nSPS) is 18.2. The van der Waals surface area contributed by atoms with Crippen molar-refractivity contribution in [3.63, 3.8) is 0 Å². The average Bonchev–Trinajstić information content (AvgIpc) is 2.29. The zero-order valence-corrected chi connectivity index (χ0v) is 9.84. The van der Waals surface area contributed by atoms with Crippen LogP contribution >= 0.6 is 0 Å². The number of nitrogens with zero attached hydrogens (tertiary/aromatic N) is 3. The number of likely N-dealkylation sites (N-methyl/N-ethyl adjacent to an activating group) is 1. The Labute approximate surface area is 102 Å². The molecular weight excluding hydrogens is 250 g/mol. The molecule has 1 aromatic rings. The second kappa shape index (κ2) is 4.72. The van der Waals surface area contributed by atoms with Crippen LogP contribution in [0, 0.1) is 5.82 Å². The molecule has 1 aliphatic heterocycles. The van der Waals surface area contributed by atoms with E-state index in [9.17, 15) is 17.6 Å². The summed E-state index contributed by atoms with van der Waals surface area (Å²) in [5.41, 5.74) is -1.06. The summed E-state index contributed by atoms with van der Waals surface area (Å²) in [6.07, 6.45) is -3.88. The van der Waals surface area contributed by atoms with Crippen LogP contribution < -0.4 is 4.90 Å². The molecule has 2 rings (SSSR count). The number of pyridine rings is 1. The van der Waals surface area contributed by atoms with E-state index in [4.69, 9.17) is 0 Å². The molecular formula is C11H13F4N3. The number of anilines is 1. The van der Waals surface area contributed by atoms with Gasteiger partial charge in [0.25, 0.3) is 0 Å². The lowest BCUT2D eigenvalue weighted by Gasteiger charge is -2.33. The molecule has 0 spiro atoms. The van der Waals surface area contributed by atoms with Gasteiger partial charge >= 0.3 is 6.18 Å². The second-order valence-electron chi connectivity index (χ2n) is 4.32. The van der Waals surface area contributed by atoms with Crippen LogP contribution in [0.3, 0.4) is 0 Å². The summed E-state index contributed by atoms with van der Waals surface area (Å²) >= 11 is 0. The predicted octanol–water partition coefficient (Wildman–Crippen LogP) is 1.99.